The maximum Gasteiger partial charge on any atom is 0.129 e. The van der Waals surface area contributed by atoms with Gasteiger partial charge in [0.1, 0.15) is 5.82 Å². The summed E-state index contributed by atoms with van der Waals surface area (Å²) >= 11 is 11.8. The smallest absolute Gasteiger partial charge is 0.129 e. The summed E-state index contributed by atoms with van der Waals surface area (Å²) in [7, 11) is 0. The second-order valence-electron chi connectivity index (χ2n) is 4.34. The number of hydrogen-bond acceptors (Lipinski definition) is 2. The van der Waals surface area contributed by atoms with Gasteiger partial charge in [-0.15, -0.1) is 0 Å². The van der Waals surface area contributed by atoms with Crippen LogP contribution in [0.1, 0.15) is 16.7 Å². The molecule has 2 nitrogen and oxygen atoms in total. The van der Waals surface area contributed by atoms with Crippen LogP contribution in [0.3, 0.4) is 0 Å². The van der Waals surface area contributed by atoms with Crippen molar-refractivity contribution in [2.75, 3.05) is 5.32 Å². The first-order chi connectivity index (χ1) is 9.51. The maximum atomic E-state index is 13.6. The molecular formula is C15H11Cl2FN2. The molecule has 2 aromatic rings. The second kappa shape index (κ2) is 6.13. The van der Waals surface area contributed by atoms with Crippen LogP contribution in [0, 0.1) is 24.1 Å². The number of hydrogen-bond donors (Lipinski definition) is 1. The average molecular weight is 309 g/mol. The standard InChI is InChI=1S/C15H11Cl2FN2/c1-9-14(18)5-11(7-19)6-15(9)20-8-10-2-3-12(16)13(17)4-10/h2-6,20H,8H2,1H3. The number of halogens is 3. The molecule has 0 fully saturated rings. The molecule has 0 saturated heterocycles. The van der Waals surface area contributed by atoms with Crippen LogP contribution in [-0.4, -0.2) is 0 Å². The number of benzene rings is 2. The summed E-state index contributed by atoms with van der Waals surface area (Å²) in [4.78, 5) is 0. The topological polar surface area (TPSA) is 35.8 Å². The Morgan fingerprint density at radius 2 is 1.95 bits per heavy atom. The maximum absolute atomic E-state index is 13.6. The molecule has 2 aromatic carbocycles. The molecule has 0 aliphatic heterocycles. The lowest BCUT2D eigenvalue weighted by Gasteiger charge is -2.11. The van der Waals surface area contributed by atoms with Crippen LogP contribution in [0.2, 0.25) is 10.0 Å². The molecular weight excluding hydrogens is 298 g/mol. The SMILES string of the molecule is Cc1c(F)cc(C#N)cc1NCc1ccc(Cl)c(Cl)c1. The number of nitriles is 1. The van der Waals surface area contributed by atoms with Gasteiger partial charge >= 0.3 is 0 Å². The quantitative estimate of drug-likeness (QED) is 0.873. The first-order valence-electron chi connectivity index (χ1n) is 5.89. The minimum Gasteiger partial charge on any atom is -0.381 e. The summed E-state index contributed by atoms with van der Waals surface area (Å²) in [6.45, 7) is 2.12. The van der Waals surface area contributed by atoms with E-state index in [4.69, 9.17) is 28.5 Å². The molecule has 0 aliphatic rings. The third-order valence-corrected chi connectivity index (χ3v) is 3.68. The Balaban J connectivity index is 2.20. The van der Waals surface area contributed by atoms with Crippen LogP contribution in [0.5, 0.6) is 0 Å². The fourth-order valence-corrected chi connectivity index (χ4v) is 2.09. The van der Waals surface area contributed by atoms with E-state index in [1.165, 1.54) is 6.07 Å². The molecule has 0 aromatic heterocycles. The predicted molar refractivity (Wildman–Crippen MR) is 79.6 cm³/mol. The molecule has 102 valence electrons. The zero-order valence-electron chi connectivity index (χ0n) is 10.7. The van der Waals surface area contributed by atoms with E-state index in [2.05, 4.69) is 5.32 Å². The van der Waals surface area contributed by atoms with E-state index in [1.54, 1.807) is 25.1 Å². The van der Waals surface area contributed by atoms with Crippen molar-refractivity contribution in [1.82, 2.24) is 0 Å². The Morgan fingerprint density at radius 1 is 1.20 bits per heavy atom. The third-order valence-electron chi connectivity index (χ3n) is 2.94. The van der Waals surface area contributed by atoms with Crippen molar-refractivity contribution in [2.24, 2.45) is 0 Å². The van der Waals surface area contributed by atoms with Crippen molar-refractivity contribution in [2.45, 2.75) is 13.5 Å². The average Bonchev–Trinajstić information content (AvgIpc) is 2.44. The lowest BCUT2D eigenvalue weighted by molar-refractivity contribution is 0.618. The summed E-state index contributed by atoms with van der Waals surface area (Å²) < 4.78 is 13.6. The van der Waals surface area contributed by atoms with E-state index in [9.17, 15) is 4.39 Å². The predicted octanol–water partition coefficient (Wildman–Crippen LogP) is 4.92. The number of rotatable bonds is 3. The zero-order valence-corrected chi connectivity index (χ0v) is 12.2. The molecule has 0 amide bonds. The van der Waals surface area contributed by atoms with E-state index in [-0.39, 0.29) is 5.56 Å². The Morgan fingerprint density at radius 3 is 2.60 bits per heavy atom. The Kier molecular flexibility index (Phi) is 4.49. The van der Waals surface area contributed by atoms with E-state index < -0.39 is 5.82 Å². The molecule has 0 radical (unpaired) electrons. The molecule has 0 saturated carbocycles. The highest BCUT2D eigenvalue weighted by atomic mass is 35.5. The number of nitrogens with one attached hydrogen (secondary N) is 1. The molecule has 0 aliphatic carbocycles. The third kappa shape index (κ3) is 3.22. The number of anilines is 1. The Bertz CT molecular complexity index is 693. The Labute approximate surface area is 126 Å². The van der Waals surface area contributed by atoms with Gasteiger partial charge in [0.15, 0.2) is 0 Å². The van der Waals surface area contributed by atoms with Gasteiger partial charge < -0.3 is 5.32 Å². The fraction of sp³-hybridized carbons (Fsp3) is 0.133. The molecule has 5 heteroatoms. The summed E-state index contributed by atoms with van der Waals surface area (Å²) in [5.74, 6) is -0.402. The molecule has 0 unspecified atom stereocenters. The Hall–Kier alpha value is -1.76. The van der Waals surface area contributed by atoms with Gasteiger partial charge in [-0.2, -0.15) is 5.26 Å². The molecule has 1 N–H and O–H groups in total. The highest BCUT2D eigenvalue weighted by Crippen LogP contribution is 2.24. The molecule has 20 heavy (non-hydrogen) atoms. The minimum atomic E-state index is -0.402. The van der Waals surface area contributed by atoms with Gasteiger partial charge in [-0.25, -0.2) is 4.39 Å². The largest absolute Gasteiger partial charge is 0.381 e. The first kappa shape index (κ1) is 14.6. The van der Waals surface area contributed by atoms with Crippen LogP contribution in [0.15, 0.2) is 30.3 Å². The van der Waals surface area contributed by atoms with Gasteiger partial charge in [0.05, 0.1) is 21.7 Å². The van der Waals surface area contributed by atoms with Crippen LogP contribution in [-0.2, 0) is 6.54 Å². The van der Waals surface area contributed by atoms with Crippen LogP contribution < -0.4 is 5.32 Å². The zero-order chi connectivity index (χ0) is 14.7. The van der Waals surface area contributed by atoms with E-state index in [0.29, 0.717) is 27.8 Å². The van der Waals surface area contributed by atoms with E-state index in [0.717, 1.165) is 5.56 Å². The van der Waals surface area contributed by atoms with Crippen LogP contribution in [0.4, 0.5) is 10.1 Å². The van der Waals surface area contributed by atoms with Crippen molar-refractivity contribution in [1.29, 1.82) is 5.26 Å². The van der Waals surface area contributed by atoms with Crippen molar-refractivity contribution >= 4 is 28.9 Å². The molecule has 2 rings (SSSR count). The van der Waals surface area contributed by atoms with Crippen LogP contribution >= 0.6 is 23.2 Å². The van der Waals surface area contributed by atoms with Gasteiger partial charge in [-0.3, -0.25) is 0 Å². The fourth-order valence-electron chi connectivity index (χ4n) is 1.77. The van der Waals surface area contributed by atoms with Crippen molar-refractivity contribution in [3.05, 3.63) is 62.9 Å². The summed E-state index contributed by atoms with van der Waals surface area (Å²) in [6.07, 6.45) is 0. The molecule has 0 spiro atoms. The lowest BCUT2D eigenvalue weighted by Crippen LogP contribution is -2.03. The molecule has 0 bridgehead atoms. The van der Waals surface area contributed by atoms with Crippen LogP contribution in [0.25, 0.3) is 0 Å². The van der Waals surface area contributed by atoms with Gasteiger partial charge in [-0.05, 0) is 36.8 Å². The van der Waals surface area contributed by atoms with Gasteiger partial charge in [0, 0.05) is 17.8 Å². The normalized spacial score (nSPS) is 10.2. The van der Waals surface area contributed by atoms with E-state index >= 15 is 0 Å². The highest BCUT2D eigenvalue weighted by Gasteiger charge is 2.07. The molecule has 0 atom stereocenters. The molecule has 0 heterocycles. The van der Waals surface area contributed by atoms with Crippen molar-refractivity contribution < 1.29 is 4.39 Å². The number of nitrogens with zero attached hydrogens (tertiary/aromatic N) is 1. The second-order valence-corrected chi connectivity index (χ2v) is 5.16. The summed E-state index contributed by atoms with van der Waals surface area (Å²) in [6, 6.07) is 10.1. The van der Waals surface area contributed by atoms with Crippen molar-refractivity contribution in [3.8, 4) is 6.07 Å². The van der Waals surface area contributed by atoms with Crippen molar-refractivity contribution in [3.63, 3.8) is 0 Å². The minimum absolute atomic E-state index is 0.282. The summed E-state index contributed by atoms with van der Waals surface area (Å²) in [5, 5.41) is 12.9. The van der Waals surface area contributed by atoms with Gasteiger partial charge in [0.25, 0.3) is 0 Å². The highest BCUT2D eigenvalue weighted by molar-refractivity contribution is 6.42. The van der Waals surface area contributed by atoms with E-state index in [1.807, 2.05) is 12.1 Å². The van der Waals surface area contributed by atoms with Gasteiger partial charge in [0.2, 0.25) is 0 Å². The first-order valence-corrected chi connectivity index (χ1v) is 6.65. The lowest BCUT2D eigenvalue weighted by atomic mass is 10.1. The summed E-state index contributed by atoms with van der Waals surface area (Å²) in [5.41, 5.74) is 2.27. The monoisotopic (exact) mass is 308 g/mol. The van der Waals surface area contributed by atoms with Gasteiger partial charge in [-0.1, -0.05) is 29.3 Å².